The Kier molecular flexibility index (Phi) is 3.92. The molecule has 1 aromatic heterocycles. The second kappa shape index (κ2) is 5.85. The molecule has 0 aliphatic carbocycles. The van der Waals surface area contributed by atoms with Crippen LogP contribution < -0.4 is 5.73 Å². The van der Waals surface area contributed by atoms with E-state index in [4.69, 9.17) is 33.5 Å². The first-order valence-corrected chi connectivity index (χ1v) is 6.99. The van der Waals surface area contributed by atoms with Crippen molar-refractivity contribution in [3.05, 3.63) is 70.0 Å². The summed E-state index contributed by atoms with van der Waals surface area (Å²) in [7, 11) is 0. The average molecular weight is 320 g/mol. The molecule has 4 nitrogen and oxygen atoms in total. The molecule has 0 fully saturated rings. The van der Waals surface area contributed by atoms with Crippen LogP contribution in [0.2, 0.25) is 10.0 Å². The van der Waals surface area contributed by atoms with Gasteiger partial charge in [-0.25, -0.2) is 0 Å². The van der Waals surface area contributed by atoms with Crippen LogP contribution in [0, 0.1) is 0 Å². The Morgan fingerprint density at radius 3 is 2.33 bits per heavy atom. The smallest absolute Gasteiger partial charge is 0.248 e. The molecule has 2 N–H and O–H groups in total. The summed E-state index contributed by atoms with van der Waals surface area (Å²) in [6.07, 6.45) is 0. The van der Waals surface area contributed by atoms with Gasteiger partial charge < -0.3 is 10.3 Å². The van der Waals surface area contributed by atoms with Crippen LogP contribution in [0.3, 0.4) is 0 Å². The minimum absolute atomic E-state index is 0.340. The third kappa shape index (κ3) is 3.08. The topological polar surface area (TPSA) is 64.9 Å². The second-order valence-electron chi connectivity index (χ2n) is 4.50. The number of nitrogens with two attached hydrogens (primary N) is 1. The number of hydrogen-bond donors (Lipinski definition) is 1. The highest BCUT2D eigenvalue weighted by atomic mass is 35.5. The van der Waals surface area contributed by atoms with Crippen LogP contribution in [0.25, 0.3) is 11.4 Å². The van der Waals surface area contributed by atoms with Crippen molar-refractivity contribution in [2.45, 2.75) is 6.04 Å². The monoisotopic (exact) mass is 319 g/mol. The fourth-order valence-corrected chi connectivity index (χ4v) is 2.49. The lowest BCUT2D eigenvalue weighted by atomic mass is 10.1. The number of benzene rings is 2. The first-order chi connectivity index (χ1) is 10.1. The van der Waals surface area contributed by atoms with Crippen LogP contribution in [-0.4, -0.2) is 10.1 Å². The molecule has 6 heteroatoms. The first kappa shape index (κ1) is 14.1. The molecule has 0 spiro atoms. The zero-order chi connectivity index (χ0) is 14.8. The molecule has 106 valence electrons. The van der Waals surface area contributed by atoms with Gasteiger partial charge in [0.05, 0.1) is 0 Å². The summed E-state index contributed by atoms with van der Waals surface area (Å²) < 4.78 is 5.24. The van der Waals surface area contributed by atoms with Crippen LogP contribution in [0.1, 0.15) is 17.5 Å². The fraction of sp³-hybridized carbons (Fsp3) is 0.0667. The van der Waals surface area contributed by atoms with Crippen molar-refractivity contribution < 1.29 is 4.52 Å². The van der Waals surface area contributed by atoms with E-state index in [0.29, 0.717) is 27.3 Å². The molecule has 3 aromatic rings. The Hall–Kier alpha value is -1.88. The van der Waals surface area contributed by atoms with Crippen LogP contribution in [0.15, 0.2) is 53.1 Å². The van der Waals surface area contributed by atoms with Crippen molar-refractivity contribution >= 4 is 23.2 Å². The van der Waals surface area contributed by atoms with E-state index < -0.39 is 6.04 Å². The van der Waals surface area contributed by atoms with E-state index in [-0.39, 0.29) is 0 Å². The van der Waals surface area contributed by atoms with Gasteiger partial charge >= 0.3 is 0 Å². The summed E-state index contributed by atoms with van der Waals surface area (Å²) in [4.78, 5) is 4.32. The van der Waals surface area contributed by atoms with E-state index in [1.165, 1.54) is 0 Å². The molecular weight excluding hydrogens is 309 g/mol. The van der Waals surface area contributed by atoms with Gasteiger partial charge in [0.2, 0.25) is 11.7 Å². The summed E-state index contributed by atoms with van der Waals surface area (Å²) in [5.41, 5.74) is 7.70. The zero-order valence-electron chi connectivity index (χ0n) is 10.8. The van der Waals surface area contributed by atoms with E-state index in [0.717, 1.165) is 5.56 Å². The van der Waals surface area contributed by atoms with Gasteiger partial charge in [-0.15, -0.1) is 0 Å². The largest absolute Gasteiger partial charge is 0.337 e. The average Bonchev–Trinajstić information content (AvgIpc) is 2.96. The SMILES string of the molecule is N[C@H](c1ccccc1)c1nc(-c2cc(Cl)cc(Cl)c2)no1. The van der Waals surface area contributed by atoms with Gasteiger partial charge in [0.25, 0.3) is 0 Å². The number of halogens is 2. The second-order valence-corrected chi connectivity index (χ2v) is 5.38. The van der Waals surface area contributed by atoms with E-state index in [2.05, 4.69) is 10.1 Å². The number of rotatable bonds is 3. The van der Waals surface area contributed by atoms with Gasteiger partial charge in [-0.3, -0.25) is 0 Å². The van der Waals surface area contributed by atoms with Gasteiger partial charge in [0.15, 0.2) is 0 Å². The lowest BCUT2D eigenvalue weighted by Crippen LogP contribution is -2.11. The predicted octanol–water partition coefficient (Wildman–Crippen LogP) is 4.09. The van der Waals surface area contributed by atoms with E-state index in [9.17, 15) is 0 Å². The first-order valence-electron chi connectivity index (χ1n) is 6.24. The Morgan fingerprint density at radius 2 is 1.67 bits per heavy atom. The Morgan fingerprint density at radius 1 is 1.00 bits per heavy atom. The molecule has 0 aliphatic heterocycles. The molecule has 0 amide bonds. The zero-order valence-corrected chi connectivity index (χ0v) is 12.3. The summed E-state index contributed by atoms with van der Waals surface area (Å²) in [5, 5.41) is 4.95. The van der Waals surface area contributed by atoms with Crippen LogP contribution >= 0.6 is 23.2 Å². The van der Waals surface area contributed by atoms with E-state index in [1.54, 1.807) is 18.2 Å². The summed E-state index contributed by atoms with van der Waals surface area (Å²) in [6, 6.07) is 14.2. The maximum absolute atomic E-state index is 6.12. The van der Waals surface area contributed by atoms with Crippen molar-refractivity contribution in [3.63, 3.8) is 0 Å². The van der Waals surface area contributed by atoms with Gasteiger partial charge in [-0.05, 0) is 23.8 Å². The molecule has 1 heterocycles. The third-order valence-electron chi connectivity index (χ3n) is 2.99. The number of aromatic nitrogens is 2. The molecule has 0 radical (unpaired) electrons. The van der Waals surface area contributed by atoms with Crippen LogP contribution in [-0.2, 0) is 0 Å². The van der Waals surface area contributed by atoms with Crippen molar-refractivity contribution in [2.75, 3.05) is 0 Å². The highest BCUT2D eigenvalue weighted by Gasteiger charge is 2.17. The van der Waals surface area contributed by atoms with Gasteiger partial charge in [0, 0.05) is 15.6 Å². The number of hydrogen-bond acceptors (Lipinski definition) is 4. The molecule has 0 saturated carbocycles. The minimum Gasteiger partial charge on any atom is -0.337 e. The van der Waals surface area contributed by atoms with Gasteiger partial charge in [0.1, 0.15) is 6.04 Å². The summed E-state index contributed by atoms with van der Waals surface area (Å²) in [5.74, 6) is 0.744. The molecule has 0 aliphatic rings. The summed E-state index contributed by atoms with van der Waals surface area (Å²) >= 11 is 11.9. The molecular formula is C15H11Cl2N3O. The molecule has 21 heavy (non-hydrogen) atoms. The molecule has 0 unspecified atom stereocenters. The highest BCUT2D eigenvalue weighted by Crippen LogP contribution is 2.27. The minimum atomic E-state index is -0.470. The molecule has 2 aromatic carbocycles. The Balaban J connectivity index is 1.93. The van der Waals surface area contributed by atoms with Crippen LogP contribution in [0.4, 0.5) is 0 Å². The third-order valence-corrected chi connectivity index (χ3v) is 3.42. The Bertz CT molecular complexity index is 738. The normalized spacial score (nSPS) is 12.3. The van der Waals surface area contributed by atoms with E-state index in [1.807, 2.05) is 30.3 Å². The molecule has 3 rings (SSSR count). The van der Waals surface area contributed by atoms with Gasteiger partial charge in [-0.1, -0.05) is 58.7 Å². The quantitative estimate of drug-likeness (QED) is 0.789. The highest BCUT2D eigenvalue weighted by molar-refractivity contribution is 6.35. The maximum atomic E-state index is 6.12. The Labute approximate surface area is 131 Å². The lowest BCUT2D eigenvalue weighted by Gasteiger charge is -2.05. The maximum Gasteiger partial charge on any atom is 0.248 e. The fourth-order valence-electron chi connectivity index (χ4n) is 1.96. The lowest BCUT2D eigenvalue weighted by molar-refractivity contribution is 0.367. The van der Waals surface area contributed by atoms with Crippen molar-refractivity contribution in [1.82, 2.24) is 10.1 Å². The predicted molar refractivity (Wildman–Crippen MR) is 82.2 cm³/mol. The molecule has 1 atom stereocenters. The number of nitrogens with zero attached hydrogens (tertiary/aromatic N) is 2. The van der Waals surface area contributed by atoms with Crippen molar-refractivity contribution in [3.8, 4) is 11.4 Å². The van der Waals surface area contributed by atoms with E-state index >= 15 is 0 Å². The molecule has 0 saturated heterocycles. The molecule has 0 bridgehead atoms. The standard InChI is InChI=1S/C15H11Cl2N3O/c16-11-6-10(7-12(17)8-11)14-19-15(21-20-14)13(18)9-4-2-1-3-5-9/h1-8,13H,18H2/t13-/m1/s1. The van der Waals surface area contributed by atoms with Crippen LogP contribution in [0.5, 0.6) is 0 Å². The van der Waals surface area contributed by atoms with Crippen molar-refractivity contribution in [1.29, 1.82) is 0 Å². The van der Waals surface area contributed by atoms with Crippen molar-refractivity contribution in [2.24, 2.45) is 5.73 Å². The summed E-state index contributed by atoms with van der Waals surface area (Å²) in [6.45, 7) is 0. The van der Waals surface area contributed by atoms with Gasteiger partial charge in [-0.2, -0.15) is 4.98 Å².